The first-order valence-corrected chi connectivity index (χ1v) is 8.05. The van der Waals surface area contributed by atoms with Crippen LogP contribution >= 0.6 is 0 Å². The van der Waals surface area contributed by atoms with Crippen molar-refractivity contribution in [3.05, 3.63) is 29.8 Å². The largest absolute Gasteiger partial charge is 0.493 e. The summed E-state index contributed by atoms with van der Waals surface area (Å²) in [7, 11) is 0. The molecule has 1 N–H and O–H groups in total. The Hall–Kier alpha value is -1.02. The van der Waals surface area contributed by atoms with Gasteiger partial charge in [0, 0.05) is 24.1 Å². The normalized spacial score (nSPS) is 18.1. The molecule has 20 heavy (non-hydrogen) atoms. The van der Waals surface area contributed by atoms with Crippen molar-refractivity contribution >= 4 is 0 Å². The predicted molar refractivity (Wildman–Crippen MR) is 85.4 cm³/mol. The average Bonchev–Trinajstić information content (AvgIpc) is 2.86. The number of hydrogen-bond donors (Lipinski definition) is 1. The second kappa shape index (κ2) is 6.62. The number of ether oxygens (including phenoxy) is 1. The molecule has 0 amide bonds. The third kappa shape index (κ3) is 3.35. The van der Waals surface area contributed by atoms with Crippen LogP contribution in [0.2, 0.25) is 0 Å². The Balaban J connectivity index is 2.09. The van der Waals surface area contributed by atoms with Crippen molar-refractivity contribution in [2.45, 2.75) is 58.9 Å². The van der Waals surface area contributed by atoms with Crippen molar-refractivity contribution in [2.24, 2.45) is 5.41 Å². The van der Waals surface area contributed by atoms with Crippen LogP contribution in [0, 0.1) is 5.41 Å². The van der Waals surface area contributed by atoms with E-state index in [-0.39, 0.29) is 0 Å². The maximum atomic E-state index is 5.85. The van der Waals surface area contributed by atoms with Crippen LogP contribution in [0.15, 0.2) is 24.3 Å². The molecule has 1 heterocycles. The molecule has 1 aromatic rings. The molecule has 1 aliphatic heterocycles. The van der Waals surface area contributed by atoms with Gasteiger partial charge < -0.3 is 10.1 Å². The van der Waals surface area contributed by atoms with Crippen molar-refractivity contribution in [1.29, 1.82) is 0 Å². The Morgan fingerprint density at radius 1 is 1.25 bits per heavy atom. The standard InChI is InChI=1S/C18H29NO/c1-5-18(6-2,13-19-14(3)4)11-15-12-20-17-10-8-7-9-16(15)17/h7-10,14-15,19H,5-6,11-13H2,1-4H3. The lowest BCUT2D eigenvalue weighted by Gasteiger charge is -2.35. The third-order valence-corrected chi connectivity index (χ3v) is 4.86. The van der Waals surface area contributed by atoms with Gasteiger partial charge in [-0.05, 0) is 30.7 Å². The van der Waals surface area contributed by atoms with Gasteiger partial charge in [0.1, 0.15) is 5.75 Å². The SMILES string of the molecule is CCC(CC)(CNC(C)C)CC1COc2ccccc21. The zero-order chi connectivity index (χ0) is 14.6. The lowest BCUT2D eigenvalue weighted by molar-refractivity contribution is 0.190. The Morgan fingerprint density at radius 2 is 1.95 bits per heavy atom. The Morgan fingerprint density at radius 3 is 2.60 bits per heavy atom. The summed E-state index contributed by atoms with van der Waals surface area (Å²) in [5, 5.41) is 3.65. The van der Waals surface area contributed by atoms with E-state index in [1.54, 1.807) is 0 Å². The van der Waals surface area contributed by atoms with Gasteiger partial charge >= 0.3 is 0 Å². The molecule has 0 spiro atoms. The summed E-state index contributed by atoms with van der Waals surface area (Å²) in [6.45, 7) is 11.1. The average molecular weight is 275 g/mol. The highest BCUT2D eigenvalue weighted by Crippen LogP contribution is 2.43. The molecule has 112 valence electrons. The van der Waals surface area contributed by atoms with Gasteiger partial charge in [-0.15, -0.1) is 0 Å². The highest BCUT2D eigenvalue weighted by Gasteiger charge is 2.34. The fourth-order valence-electron chi connectivity index (χ4n) is 3.20. The lowest BCUT2D eigenvalue weighted by Crippen LogP contribution is -2.38. The Bertz CT molecular complexity index is 423. The van der Waals surface area contributed by atoms with Crippen LogP contribution in [0.3, 0.4) is 0 Å². The van der Waals surface area contributed by atoms with Crippen molar-refractivity contribution in [3.8, 4) is 5.75 Å². The van der Waals surface area contributed by atoms with E-state index in [1.165, 1.54) is 24.8 Å². The molecule has 0 saturated heterocycles. The van der Waals surface area contributed by atoms with Gasteiger partial charge in [0.15, 0.2) is 0 Å². The zero-order valence-electron chi connectivity index (χ0n) is 13.4. The summed E-state index contributed by atoms with van der Waals surface area (Å²) in [6, 6.07) is 9.08. The molecule has 2 rings (SSSR count). The second-order valence-electron chi connectivity index (χ2n) is 6.49. The van der Waals surface area contributed by atoms with E-state index in [9.17, 15) is 0 Å². The van der Waals surface area contributed by atoms with E-state index in [0.717, 1.165) is 18.9 Å². The molecule has 1 aliphatic rings. The Labute approximate surface area is 123 Å². The molecule has 2 heteroatoms. The summed E-state index contributed by atoms with van der Waals surface area (Å²) in [6.07, 6.45) is 3.67. The van der Waals surface area contributed by atoms with Crippen LogP contribution in [-0.2, 0) is 0 Å². The predicted octanol–water partition coefficient (Wildman–Crippen LogP) is 4.36. The van der Waals surface area contributed by atoms with Crippen LogP contribution in [0.25, 0.3) is 0 Å². The Kier molecular flexibility index (Phi) is 5.09. The molecule has 0 radical (unpaired) electrons. The summed E-state index contributed by atoms with van der Waals surface area (Å²) in [5.41, 5.74) is 1.79. The first-order valence-electron chi connectivity index (χ1n) is 8.05. The van der Waals surface area contributed by atoms with E-state index in [2.05, 4.69) is 57.3 Å². The minimum absolute atomic E-state index is 0.385. The second-order valence-corrected chi connectivity index (χ2v) is 6.49. The van der Waals surface area contributed by atoms with Crippen molar-refractivity contribution in [3.63, 3.8) is 0 Å². The van der Waals surface area contributed by atoms with Gasteiger partial charge in [0.25, 0.3) is 0 Å². The van der Waals surface area contributed by atoms with Crippen LogP contribution in [0.1, 0.15) is 58.4 Å². The number of fused-ring (bicyclic) bond motifs is 1. The van der Waals surface area contributed by atoms with Crippen molar-refractivity contribution in [2.75, 3.05) is 13.2 Å². The monoisotopic (exact) mass is 275 g/mol. The minimum atomic E-state index is 0.385. The molecule has 1 aromatic carbocycles. The van der Waals surface area contributed by atoms with Gasteiger partial charge in [-0.1, -0.05) is 45.9 Å². The zero-order valence-corrected chi connectivity index (χ0v) is 13.4. The molecule has 0 saturated carbocycles. The van der Waals surface area contributed by atoms with E-state index >= 15 is 0 Å². The number of benzene rings is 1. The highest BCUT2D eigenvalue weighted by atomic mass is 16.5. The van der Waals surface area contributed by atoms with Gasteiger partial charge in [0.2, 0.25) is 0 Å². The molecule has 1 atom stereocenters. The maximum Gasteiger partial charge on any atom is 0.122 e. The summed E-state index contributed by atoms with van der Waals surface area (Å²) < 4.78 is 5.85. The van der Waals surface area contributed by atoms with Gasteiger partial charge in [0.05, 0.1) is 6.61 Å². The molecule has 0 aliphatic carbocycles. The number of hydrogen-bond acceptors (Lipinski definition) is 2. The molecular formula is C18H29NO. The van der Waals surface area contributed by atoms with Gasteiger partial charge in [-0.3, -0.25) is 0 Å². The first kappa shape index (κ1) is 15.4. The van der Waals surface area contributed by atoms with Crippen LogP contribution < -0.4 is 10.1 Å². The van der Waals surface area contributed by atoms with Crippen LogP contribution in [-0.4, -0.2) is 19.2 Å². The van der Waals surface area contributed by atoms with Crippen molar-refractivity contribution in [1.82, 2.24) is 5.32 Å². The lowest BCUT2D eigenvalue weighted by atomic mass is 9.73. The summed E-state index contributed by atoms with van der Waals surface area (Å²) >= 11 is 0. The van der Waals surface area contributed by atoms with E-state index < -0.39 is 0 Å². The fourth-order valence-corrected chi connectivity index (χ4v) is 3.20. The van der Waals surface area contributed by atoms with Crippen LogP contribution in [0.4, 0.5) is 0 Å². The summed E-state index contributed by atoms with van der Waals surface area (Å²) in [5.74, 6) is 1.65. The molecule has 1 unspecified atom stereocenters. The fraction of sp³-hybridized carbons (Fsp3) is 0.667. The molecular weight excluding hydrogens is 246 g/mol. The van der Waals surface area contributed by atoms with E-state index in [4.69, 9.17) is 4.74 Å². The third-order valence-electron chi connectivity index (χ3n) is 4.86. The molecule has 2 nitrogen and oxygen atoms in total. The number of para-hydroxylation sites is 1. The quantitative estimate of drug-likeness (QED) is 0.798. The maximum absolute atomic E-state index is 5.85. The van der Waals surface area contributed by atoms with Gasteiger partial charge in [-0.25, -0.2) is 0 Å². The topological polar surface area (TPSA) is 21.3 Å². The number of rotatable bonds is 7. The molecule has 0 aromatic heterocycles. The first-order chi connectivity index (χ1) is 9.60. The number of nitrogens with one attached hydrogen (secondary N) is 1. The van der Waals surface area contributed by atoms with E-state index in [1.807, 2.05) is 0 Å². The summed E-state index contributed by atoms with van der Waals surface area (Å²) in [4.78, 5) is 0. The highest BCUT2D eigenvalue weighted by molar-refractivity contribution is 5.39. The van der Waals surface area contributed by atoms with Crippen LogP contribution in [0.5, 0.6) is 5.75 Å². The minimum Gasteiger partial charge on any atom is -0.493 e. The van der Waals surface area contributed by atoms with Crippen molar-refractivity contribution < 1.29 is 4.74 Å². The molecule has 0 fully saturated rings. The van der Waals surface area contributed by atoms with E-state index in [0.29, 0.717) is 17.4 Å². The van der Waals surface area contributed by atoms with Gasteiger partial charge in [-0.2, -0.15) is 0 Å². The molecule has 0 bridgehead atoms. The smallest absolute Gasteiger partial charge is 0.122 e.